The van der Waals surface area contributed by atoms with Gasteiger partial charge in [0.15, 0.2) is 0 Å². The second kappa shape index (κ2) is 9.00. The summed E-state index contributed by atoms with van der Waals surface area (Å²) < 4.78 is 6.93. The number of rotatable bonds is 10. The third-order valence-electron chi connectivity index (χ3n) is 3.80. The zero-order valence-electron chi connectivity index (χ0n) is 13.5. The second-order valence-electron chi connectivity index (χ2n) is 5.77. The predicted octanol–water partition coefficient (Wildman–Crippen LogP) is 0.304. The van der Waals surface area contributed by atoms with Crippen molar-refractivity contribution < 1.29 is 20.1 Å². The summed E-state index contributed by atoms with van der Waals surface area (Å²) >= 11 is 0. The Morgan fingerprint density at radius 3 is 2.61 bits per heavy atom. The molecule has 2 atom stereocenters. The first kappa shape index (κ1) is 17.9. The van der Waals surface area contributed by atoms with Crippen LogP contribution >= 0.6 is 0 Å². The molecule has 6 nitrogen and oxygen atoms in total. The zero-order chi connectivity index (χ0) is 16.7. The van der Waals surface area contributed by atoms with Gasteiger partial charge in [-0.1, -0.05) is 18.2 Å². The molecular formula is C17H26N2O4. The Morgan fingerprint density at radius 2 is 1.87 bits per heavy atom. The number of fused-ring (bicyclic) bond motifs is 1. The number of aliphatic hydroxyl groups excluding tert-OH is 3. The fourth-order valence-electron chi connectivity index (χ4n) is 2.82. The Balaban J connectivity index is 1.94. The minimum Gasteiger partial charge on any atom is -0.395 e. The van der Waals surface area contributed by atoms with Gasteiger partial charge in [-0.25, -0.2) is 0 Å². The third kappa shape index (κ3) is 5.30. The predicted molar refractivity (Wildman–Crippen MR) is 89.4 cm³/mol. The maximum absolute atomic E-state index is 10.4. The van der Waals surface area contributed by atoms with E-state index in [4.69, 9.17) is 9.84 Å². The Labute approximate surface area is 136 Å². The lowest BCUT2D eigenvalue weighted by Crippen LogP contribution is -2.42. The van der Waals surface area contributed by atoms with Crippen LogP contribution in [0.1, 0.15) is 0 Å². The van der Waals surface area contributed by atoms with Crippen molar-refractivity contribution in [3.8, 4) is 0 Å². The van der Waals surface area contributed by atoms with E-state index < -0.39 is 12.2 Å². The number of hydrogen-bond acceptors (Lipinski definition) is 5. The first-order chi connectivity index (χ1) is 11.1. The molecule has 2 aromatic rings. The fourth-order valence-corrected chi connectivity index (χ4v) is 2.82. The number of aromatic nitrogens is 1. The summed E-state index contributed by atoms with van der Waals surface area (Å²) in [6, 6.07) is 10.1. The van der Waals surface area contributed by atoms with E-state index in [1.807, 2.05) is 46.0 Å². The van der Waals surface area contributed by atoms with Gasteiger partial charge in [-0.3, -0.25) is 4.90 Å². The molecule has 3 N–H and O–H groups in total. The van der Waals surface area contributed by atoms with Gasteiger partial charge in [-0.2, -0.15) is 0 Å². The van der Waals surface area contributed by atoms with Gasteiger partial charge >= 0.3 is 0 Å². The summed E-state index contributed by atoms with van der Waals surface area (Å²) in [6.45, 7) is 1.84. The number of para-hydroxylation sites is 1. The molecule has 2 rings (SSSR count). The highest BCUT2D eigenvalue weighted by Crippen LogP contribution is 2.15. The van der Waals surface area contributed by atoms with Crippen molar-refractivity contribution in [2.45, 2.75) is 18.8 Å². The van der Waals surface area contributed by atoms with Crippen LogP contribution in [0.5, 0.6) is 0 Å². The molecule has 23 heavy (non-hydrogen) atoms. The maximum Gasteiger partial charge on any atom is 0.0900 e. The number of methoxy groups -OCH3 is 1. The van der Waals surface area contributed by atoms with Gasteiger partial charge in [0.25, 0.3) is 0 Å². The fraction of sp³-hybridized carbons (Fsp3) is 0.529. The van der Waals surface area contributed by atoms with Crippen molar-refractivity contribution >= 4 is 10.9 Å². The van der Waals surface area contributed by atoms with Gasteiger partial charge in [-0.05, 0) is 17.5 Å². The molecular weight excluding hydrogens is 296 g/mol. The summed E-state index contributed by atoms with van der Waals surface area (Å²) in [6.07, 6.45) is 0.739. The highest BCUT2D eigenvalue weighted by Gasteiger charge is 2.16. The SMILES string of the molecule is COC[C@@H](O)CN(CCO)C[C@@H](O)Cn1ccc2ccccc21. The lowest BCUT2D eigenvalue weighted by atomic mass is 10.2. The normalized spacial score (nSPS) is 14.5. The summed E-state index contributed by atoms with van der Waals surface area (Å²) in [5.74, 6) is 0. The quantitative estimate of drug-likeness (QED) is 0.587. The van der Waals surface area contributed by atoms with E-state index in [1.54, 1.807) is 0 Å². The van der Waals surface area contributed by atoms with Crippen molar-refractivity contribution in [1.82, 2.24) is 9.47 Å². The minimum atomic E-state index is -0.633. The second-order valence-corrected chi connectivity index (χ2v) is 5.77. The average Bonchev–Trinajstić information content (AvgIpc) is 2.91. The van der Waals surface area contributed by atoms with Crippen molar-refractivity contribution in [1.29, 1.82) is 0 Å². The van der Waals surface area contributed by atoms with Gasteiger partial charge in [0.1, 0.15) is 0 Å². The lowest BCUT2D eigenvalue weighted by Gasteiger charge is -2.26. The van der Waals surface area contributed by atoms with Gasteiger partial charge in [0.2, 0.25) is 0 Å². The molecule has 0 aliphatic rings. The maximum atomic E-state index is 10.4. The first-order valence-electron chi connectivity index (χ1n) is 7.86. The van der Waals surface area contributed by atoms with Crippen LogP contribution in [0.15, 0.2) is 36.5 Å². The molecule has 0 aliphatic heterocycles. The van der Waals surface area contributed by atoms with E-state index in [0.29, 0.717) is 26.2 Å². The van der Waals surface area contributed by atoms with Crippen LogP contribution in [0, 0.1) is 0 Å². The van der Waals surface area contributed by atoms with E-state index in [-0.39, 0.29) is 13.2 Å². The van der Waals surface area contributed by atoms with Crippen LogP contribution in [0.25, 0.3) is 10.9 Å². The number of ether oxygens (including phenoxy) is 1. The molecule has 0 aliphatic carbocycles. The largest absolute Gasteiger partial charge is 0.395 e. The molecule has 0 unspecified atom stereocenters. The molecule has 0 spiro atoms. The highest BCUT2D eigenvalue weighted by atomic mass is 16.5. The number of benzene rings is 1. The standard InChI is InChI=1S/C17H26N2O4/c1-23-13-16(22)11-18(8-9-20)10-15(21)12-19-7-6-14-4-2-3-5-17(14)19/h2-7,15-16,20-22H,8-13H2,1H3/t15-,16+/m1/s1. The summed E-state index contributed by atoms with van der Waals surface area (Å²) in [5, 5.41) is 30.5. The van der Waals surface area contributed by atoms with E-state index >= 15 is 0 Å². The van der Waals surface area contributed by atoms with Gasteiger partial charge < -0.3 is 24.6 Å². The first-order valence-corrected chi connectivity index (χ1v) is 7.86. The lowest BCUT2D eigenvalue weighted by molar-refractivity contribution is 0.0175. The minimum absolute atomic E-state index is 0.0150. The van der Waals surface area contributed by atoms with Gasteiger partial charge in [-0.15, -0.1) is 0 Å². The van der Waals surface area contributed by atoms with Gasteiger partial charge in [0, 0.05) is 45.0 Å². The number of aliphatic hydroxyl groups is 3. The summed E-state index contributed by atoms with van der Waals surface area (Å²) in [5.41, 5.74) is 1.08. The van der Waals surface area contributed by atoms with E-state index in [1.165, 1.54) is 7.11 Å². The zero-order valence-corrected chi connectivity index (χ0v) is 13.5. The van der Waals surface area contributed by atoms with Crippen molar-refractivity contribution in [3.05, 3.63) is 36.5 Å². The Kier molecular flexibility index (Phi) is 7.01. The van der Waals surface area contributed by atoms with Crippen LogP contribution in [0.3, 0.4) is 0 Å². The molecule has 0 bridgehead atoms. The summed E-state index contributed by atoms with van der Waals surface area (Å²) in [4.78, 5) is 1.85. The van der Waals surface area contributed by atoms with Crippen LogP contribution in [-0.4, -0.2) is 77.0 Å². The van der Waals surface area contributed by atoms with Crippen LogP contribution in [0.4, 0.5) is 0 Å². The van der Waals surface area contributed by atoms with Crippen molar-refractivity contribution in [2.75, 3.05) is 40.0 Å². The Morgan fingerprint density at radius 1 is 1.13 bits per heavy atom. The smallest absolute Gasteiger partial charge is 0.0900 e. The van der Waals surface area contributed by atoms with E-state index in [0.717, 1.165) is 10.9 Å². The van der Waals surface area contributed by atoms with Crippen LogP contribution < -0.4 is 0 Å². The third-order valence-corrected chi connectivity index (χ3v) is 3.80. The Bertz CT molecular complexity index is 587. The van der Waals surface area contributed by atoms with Crippen LogP contribution in [-0.2, 0) is 11.3 Å². The molecule has 0 saturated heterocycles. The molecule has 1 heterocycles. The average molecular weight is 322 g/mol. The summed E-state index contributed by atoms with van der Waals surface area (Å²) in [7, 11) is 1.53. The molecule has 128 valence electrons. The van der Waals surface area contributed by atoms with Gasteiger partial charge in [0.05, 0.1) is 25.4 Å². The van der Waals surface area contributed by atoms with Crippen molar-refractivity contribution in [3.63, 3.8) is 0 Å². The topological polar surface area (TPSA) is 78.1 Å². The molecule has 0 fully saturated rings. The van der Waals surface area contributed by atoms with E-state index in [2.05, 4.69) is 0 Å². The number of hydrogen-bond donors (Lipinski definition) is 3. The van der Waals surface area contributed by atoms with Crippen LogP contribution in [0.2, 0.25) is 0 Å². The highest BCUT2D eigenvalue weighted by molar-refractivity contribution is 5.79. The van der Waals surface area contributed by atoms with E-state index in [9.17, 15) is 10.2 Å². The molecule has 0 amide bonds. The van der Waals surface area contributed by atoms with Crippen molar-refractivity contribution in [2.24, 2.45) is 0 Å². The molecule has 0 saturated carbocycles. The number of nitrogens with zero attached hydrogens (tertiary/aromatic N) is 2. The monoisotopic (exact) mass is 322 g/mol. The molecule has 6 heteroatoms. The Hall–Kier alpha value is -1.44. The molecule has 1 aromatic heterocycles. The molecule has 1 aromatic carbocycles. The molecule has 0 radical (unpaired) electrons.